The van der Waals surface area contributed by atoms with Crippen LogP contribution >= 0.6 is 0 Å². The van der Waals surface area contributed by atoms with Crippen molar-refractivity contribution in [1.29, 1.82) is 0 Å². The van der Waals surface area contributed by atoms with Gasteiger partial charge in [-0.2, -0.15) is 0 Å². The highest BCUT2D eigenvalue weighted by Gasteiger charge is 2.45. The number of hydrogen-bond acceptors (Lipinski definition) is 4. The highest BCUT2D eigenvalue weighted by molar-refractivity contribution is 5.95. The summed E-state index contributed by atoms with van der Waals surface area (Å²) in [6, 6.07) is 10.1. The maximum atomic E-state index is 13.9. The Morgan fingerprint density at radius 2 is 1.46 bits per heavy atom. The molecule has 4 heterocycles. The van der Waals surface area contributed by atoms with Gasteiger partial charge in [-0.1, -0.05) is 37.8 Å². The number of carbonyl (C=O) groups is 1. The van der Waals surface area contributed by atoms with Gasteiger partial charge in [-0.3, -0.25) is 19.4 Å². The molecule has 2 aliphatic carbocycles. The van der Waals surface area contributed by atoms with E-state index in [4.69, 9.17) is 4.98 Å². The van der Waals surface area contributed by atoms with Crippen molar-refractivity contribution >= 4 is 22.8 Å². The third-order valence-electron chi connectivity index (χ3n) is 10.0. The zero-order valence-electron chi connectivity index (χ0n) is 20.8. The van der Waals surface area contributed by atoms with Crippen LogP contribution in [-0.4, -0.2) is 45.0 Å². The molecule has 2 aromatic rings. The average molecular weight is 475 g/mol. The number of fused-ring (bicyclic) bond motifs is 5. The molecule has 5 aliphatic rings. The Morgan fingerprint density at radius 3 is 2.17 bits per heavy atom. The van der Waals surface area contributed by atoms with Crippen LogP contribution in [0.2, 0.25) is 0 Å². The number of hydrogen-bond donors (Lipinski definition) is 0. The Hall–Kier alpha value is -2.21. The van der Waals surface area contributed by atoms with Crippen molar-refractivity contribution < 1.29 is 4.79 Å². The summed E-state index contributed by atoms with van der Waals surface area (Å²) in [5, 5.41) is 0. The fourth-order valence-electron chi connectivity index (χ4n) is 8.69. The number of carbonyl (C=O) groups excluding carboxylic acids is 1. The van der Waals surface area contributed by atoms with Gasteiger partial charge in [0.1, 0.15) is 0 Å². The van der Waals surface area contributed by atoms with Gasteiger partial charge in [-0.25, -0.2) is 4.98 Å². The van der Waals surface area contributed by atoms with Crippen molar-refractivity contribution in [2.45, 2.75) is 108 Å². The second-order valence-corrected chi connectivity index (χ2v) is 12.1. The van der Waals surface area contributed by atoms with Gasteiger partial charge in [0.05, 0.1) is 11.0 Å². The summed E-state index contributed by atoms with van der Waals surface area (Å²) < 4.78 is 2.04. The van der Waals surface area contributed by atoms with Gasteiger partial charge in [0.2, 0.25) is 11.7 Å². The molecule has 4 unspecified atom stereocenters. The summed E-state index contributed by atoms with van der Waals surface area (Å²) in [6.07, 6.45) is 15.8. The second-order valence-electron chi connectivity index (χ2n) is 12.1. The summed E-state index contributed by atoms with van der Waals surface area (Å²) in [5.41, 5.74) is 1.69. The first kappa shape index (κ1) is 22.0. The summed E-state index contributed by atoms with van der Waals surface area (Å²) in [7, 11) is 0. The van der Waals surface area contributed by atoms with Gasteiger partial charge in [0.15, 0.2) is 0 Å². The van der Waals surface area contributed by atoms with Gasteiger partial charge in [-0.15, -0.1) is 0 Å². The third-order valence-corrected chi connectivity index (χ3v) is 10.0. The molecule has 1 aromatic heterocycles. The van der Waals surface area contributed by atoms with Gasteiger partial charge in [-0.05, 0) is 75.3 Å². The summed E-state index contributed by atoms with van der Waals surface area (Å²) in [4.78, 5) is 35.8. The van der Waals surface area contributed by atoms with E-state index in [1.54, 1.807) is 4.90 Å². The zero-order chi connectivity index (χ0) is 23.5. The Bertz CT molecular complexity index is 1160. The molecule has 7 rings (SSSR count). The smallest absolute Gasteiger partial charge is 0.294 e. The van der Waals surface area contributed by atoms with Gasteiger partial charge < -0.3 is 4.57 Å². The topological polar surface area (TPSA) is 58.4 Å². The molecule has 186 valence electrons. The van der Waals surface area contributed by atoms with Crippen LogP contribution in [0.25, 0.3) is 11.0 Å². The number of aromatic nitrogens is 2. The molecule has 3 aliphatic heterocycles. The summed E-state index contributed by atoms with van der Waals surface area (Å²) in [6.45, 7) is 0.604. The van der Waals surface area contributed by atoms with E-state index in [0.29, 0.717) is 30.9 Å². The average Bonchev–Trinajstić information content (AvgIpc) is 3.28. The fourth-order valence-corrected chi connectivity index (χ4v) is 8.69. The standard InChI is InChI=1S/C29H38N4O2/c34-27-12-5-13-31(27)28-29(35)33(26-11-2-1-10-25(26)30-28)24-17-21-8-4-9-22(18-24)32(21)23-15-19-6-3-7-20(14-19)16-23/h1-2,10-11,19-24H,3-9,12-18H2. The van der Waals surface area contributed by atoms with E-state index in [9.17, 15) is 9.59 Å². The van der Waals surface area contributed by atoms with Crippen LogP contribution in [0.15, 0.2) is 29.1 Å². The molecule has 35 heavy (non-hydrogen) atoms. The maximum absolute atomic E-state index is 13.9. The van der Waals surface area contributed by atoms with E-state index in [2.05, 4.69) is 4.90 Å². The molecule has 1 amide bonds. The molecule has 0 radical (unpaired) electrons. The molecular weight excluding hydrogens is 436 g/mol. The Kier molecular flexibility index (Phi) is 5.49. The van der Waals surface area contributed by atoms with Crippen molar-refractivity contribution in [2.24, 2.45) is 11.8 Å². The molecule has 6 heteroatoms. The van der Waals surface area contributed by atoms with Crippen molar-refractivity contribution in [2.75, 3.05) is 11.4 Å². The largest absolute Gasteiger partial charge is 0.300 e. The van der Waals surface area contributed by atoms with Crippen LogP contribution in [0.1, 0.15) is 89.5 Å². The lowest BCUT2D eigenvalue weighted by Gasteiger charge is -2.55. The van der Waals surface area contributed by atoms with E-state index >= 15 is 0 Å². The highest BCUT2D eigenvalue weighted by atomic mass is 16.2. The summed E-state index contributed by atoms with van der Waals surface area (Å²) >= 11 is 0. The quantitative estimate of drug-likeness (QED) is 0.625. The van der Waals surface area contributed by atoms with E-state index in [1.807, 2.05) is 28.8 Å². The lowest BCUT2D eigenvalue weighted by molar-refractivity contribution is -0.117. The molecule has 3 saturated heterocycles. The maximum Gasteiger partial charge on any atom is 0.294 e. The molecule has 4 bridgehead atoms. The monoisotopic (exact) mass is 474 g/mol. The first-order valence-corrected chi connectivity index (χ1v) is 14.2. The number of piperidine rings is 2. The number of amides is 1. The fraction of sp³-hybridized carbons (Fsp3) is 0.690. The zero-order valence-corrected chi connectivity index (χ0v) is 20.8. The SMILES string of the molecule is O=C1CCCN1c1nc2ccccc2n(C2CC3CCCC(C2)N3C2CC3CCCC(C3)C2)c1=O. The van der Waals surface area contributed by atoms with E-state index in [-0.39, 0.29) is 17.5 Å². The van der Waals surface area contributed by atoms with Crippen molar-refractivity contribution in [3.63, 3.8) is 0 Å². The van der Waals surface area contributed by atoms with Crippen LogP contribution in [0.5, 0.6) is 0 Å². The number of benzene rings is 1. The van der Waals surface area contributed by atoms with E-state index < -0.39 is 0 Å². The Balaban J connectivity index is 1.24. The van der Waals surface area contributed by atoms with Gasteiger partial charge in [0.25, 0.3) is 5.56 Å². The predicted molar refractivity (Wildman–Crippen MR) is 138 cm³/mol. The molecule has 6 nitrogen and oxygen atoms in total. The summed E-state index contributed by atoms with van der Waals surface area (Å²) in [5.74, 6) is 2.27. The number of para-hydroxylation sites is 2. The third kappa shape index (κ3) is 3.75. The highest BCUT2D eigenvalue weighted by Crippen LogP contribution is 2.47. The van der Waals surface area contributed by atoms with Crippen LogP contribution in [0.4, 0.5) is 5.82 Å². The lowest BCUT2D eigenvalue weighted by Crippen LogP contribution is -2.58. The lowest BCUT2D eigenvalue weighted by atomic mass is 9.68. The van der Waals surface area contributed by atoms with Gasteiger partial charge in [0, 0.05) is 37.1 Å². The second kappa shape index (κ2) is 8.72. The first-order valence-electron chi connectivity index (χ1n) is 14.2. The van der Waals surface area contributed by atoms with Crippen molar-refractivity contribution in [3.05, 3.63) is 34.6 Å². The minimum absolute atomic E-state index is 0.0333. The molecular formula is C29H38N4O2. The normalized spacial score (nSPS) is 35.5. The van der Waals surface area contributed by atoms with Gasteiger partial charge >= 0.3 is 0 Å². The first-order chi connectivity index (χ1) is 17.2. The molecule has 0 spiro atoms. The van der Waals surface area contributed by atoms with E-state index in [1.165, 1.54) is 57.8 Å². The minimum atomic E-state index is -0.0670. The van der Waals surface area contributed by atoms with Crippen LogP contribution in [-0.2, 0) is 4.79 Å². The predicted octanol–water partition coefficient (Wildman–Crippen LogP) is 5.05. The minimum Gasteiger partial charge on any atom is -0.300 e. The van der Waals surface area contributed by atoms with Crippen LogP contribution < -0.4 is 10.5 Å². The molecule has 1 aromatic carbocycles. The molecule has 4 atom stereocenters. The Morgan fingerprint density at radius 1 is 0.743 bits per heavy atom. The number of anilines is 1. The van der Waals surface area contributed by atoms with Crippen molar-refractivity contribution in [1.82, 2.24) is 14.5 Å². The van der Waals surface area contributed by atoms with Crippen molar-refractivity contribution in [3.8, 4) is 0 Å². The molecule has 0 N–H and O–H groups in total. The van der Waals surface area contributed by atoms with Crippen LogP contribution in [0, 0.1) is 11.8 Å². The van der Waals surface area contributed by atoms with Crippen LogP contribution in [0.3, 0.4) is 0 Å². The number of rotatable bonds is 3. The molecule has 5 fully saturated rings. The van der Waals surface area contributed by atoms with E-state index in [0.717, 1.165) is 48.2 Å². The molecule has 2 saturated carbocycles. The Labute approximate surface area is 207 Å². The number of nitrogens with zero attached hydrogens (tertiary/aromatic N) is 4.